The molecule has 1 unspecified atom stereocenters. The fourth-order valence-electron chi connectivity index (χ4n) is 0. The van der Waals surface area contributed by atoms with Gasteiger partial charge in [-0.05, 0) is 6.92 Å². The van der Waals surface area contributed by atoms with Crippen molar-refractivity contribution in [2.45, 2.75) is 13.0 Å². The van der Waals surface area contributed by atoms with E-state index in [0.717, 1.165) is 6.92 Å². The summed E-state index contributed by atoms with van der Waals surface area (Å²) in [5, 5.41) is 17.3. The maximum atomic E-state index is 9.34. The molecule has 0 amide bonds. The molecule has 0 saturated carbocycles. The van der Waals surface area contributed by atoms with Gasteiger partial charge in [-0.25, -0.2) is 0 Å². The van der Waals surface area contributed by atoms with Crippen LogP contribution in [0.25, 0.3) is 0 Å². The molecule has 0 heterocycles. The Balaban J connectivity index is -0.000000125. The van der Waals surface area contributed by atoms with Gasteiger partial charge in [0.25, 0.3) is 0 Å². The minimum Gasteiger partial charge on any atom is -0.547 e. The standard InChI is InChI=1S/C3H6O3.K.Zr/c1-2(4)3(5)6;;/h2,4H,1H3,(H,5,6);;/q;+1;/p-1. The largest absolute Gasteiger partial charge is 1.00 e. The molecule has 3 nitrogen and oxygen atoms in total. The number of hydrogen-bond acceptors (Lipinski definition) is 3. The van der Waals surface area contributed by atoms with E-state index in [4.69, 9.17) is 5.11 Å². The molecule has 0 bridgehead atoms. The summed E-state index contributed by atoms with van der Waals surface area (Å²) in [6, 6.07) is 0. The van der Waals surface area contributed by atoms with E-state index in [9.17, 15) is 9.90 Å². The van der Waals surface area contributed by atoms with E-state index in [-0.39, 0.29) is 77.6 Å². The Labute approximate surface area is 109 Å². The molecule has 40 valence electrons. The van der Waals surface area contributed by atoms with E-state index < -0.39 is 12.1 Å². The van der Waals surface area contributed by atoms with Crippen LogP contribution < -0.4 is 56.5 Å². The van der Waals surface area contributed by atoms with E-state index in [1.54, 1.807) is 0 Å². The summed E-state index contributed by atoms with van der Waals surface area (Å²) in [5.74, 6) is -1.44. The average Bonchev–Trinajstić information content (AvgIpc) is 1.36. The smallest absolute Gasteiger partial charge is 0.547 e. The molecule has 0 radical (unpaired) electrons. The van der Waals surface area contributed by atoms with E-state index in [1.807, 2.05) is 0 Å². The van der Waals surface area contributed by atoms with Crippen LogP contribution in [0.2, 0.25) is 0 Å². The zero-order valence-corrected chi connectivity index (χ0v) is 10.4. The number of aliphatic carboxylic acids is 1. The third-order valence-electron chi connectivity index (χ3n) is 0.341. The number of carboxylic acids is 1. The molecule has 0 aliphatic rings. The van der Waals surface area contributed by atoms with E-state index in [1.165, 1.54) is 0 Å². The van der Waals surface area contributed by atoms with Crippen LogP contribution >= 0.6 is 0 Å². The maximum absolute atomic E-state index is 9.34. The molecule has 8 heavy (non-hydrogen) atoms. The third kappa shape index (κ3) is 10.8. The van der Waals surface area contributed by atoms with Gasteiger partial charge in [0, 0.05) is 26.2 Å². The summed E-state index contributed by atoms with van der Waals surface area (Å²) in [4.78, 5) is 9.34. The Hall–Kier alpha value is 1.95. The normalized spacial score (nSPS) is 10.2. The molecule has 0 aromatic rings. The molecular weight excluding hydrogens is 214 g/mol. The van der Waals surface area contributed by atoms with Crippen molar-refractivity contribution in [2.24, 2.45) is 0 Å². The molecule has 0 aromatic carbocycles. The molecule has 0 rings (SSSR count). The van der Waals surface area contributed by atoms with Crippen LogP contribution in [0.3, 0.4) is 0 Å². The van der Waals surface area contributed by atoms with Gasteiger partial charge in [0.05, 0.1) is 12.1 Å². The molecule has 0 saturated heterocycles. The number of carbonyl (C=O) groups excluding carboxylic acids is 1. The molecule has 1 atom stereocenters. The summed E-state index contributed by atoms with van der Waals surface area (Å²) in [5.41, 5.74) is 0. The predicted molar refractivity (Wildman–Crippen MR) is 16.7 cm³/mol. The summed E-state index contributed by atoms with van der Waals surface area (Å²) >= 11 is 0. The van der Waals surface area contributed by atoms with Crippen molar-refractivity contribution in [3.8, 4) is 0 Å². The van der Waals surface area contributed by atoms with Crippen LogP contribution in [-0.2, 0) is 31.0 Å². The quantitative estimate of drug-likeness (QED) is 0.450. The molecule has 0 aromatic heterocycles. The first-order valence-electron chi connectivity index (χ1n) is 1.53. The summed E-state index contributed by atoms with van der Waals surface area (Å²) in [6.07, 6.45) is -1.34. The summed E-state index contributed by atoms with van der Waals surface area (Å²) in [7, 11) is 0. The number of hydrogen-bond donors (Lipinski definition) is 1. The van der Waals surface area contributed by atoms with Crippen LogP contribution in [0.4, 0.5) is 0 Å². The van der Waals surface area contributed by atoms with E-state index in [2.05, 4.69) is 0 Å². The van der Waals surface area contributed by atoms with Gasteiger partial charge in [-0.15, -0.1) is 0 Å². The molecule has 1 N–H and O–H groups in total. The van der Waals surface area contributed by atoms with Gasteiger partial charge in [-0.2, -0.15) is 0 Å². The van der Waals surface area contributed by atoms with Crippen LogP contribution in [-0.4, -0.2) is 17.2 Å². The van der Waals surface area contributed by atoms with Crippen LogP contribution in [0.15, 0.2) is 0 Å². The SMILES string of the molecule is CC(O)C(=O)[O-].[K+].[Zr]. The van der Waals surface area contributed by atoms with Crippen molar-refractivity contribution in [2.75, 3.05) is 0 Å². The van der Waals surface area contributed by atoms with Crippen molar-refractivity contribution in [3.63, 3.8) is 0 Å². The van der Waals surface area contributed by atoms with Crippen molar-refractivity contribution in [3.05, 3.63) is 0 Å². The molecule has 5 heteroatoms. The minimum atomic E-state index is -1.44. The van der Waals surface area contributed by atoms with Crippen molar-refractivity contribution < 1.29 is 92.6 Å². The summed E-state index contributed by atoms with van der Waals surface area (Å²) < 4.78 is 0. The Bertz CT molecular complexity index is 65.5. The zero-order valence-electron chi connectivity index (χ0n) is 4.84. The van der Waals surface area contributed by atoms with Crippen LogP contribution in [0, 0.1) is 0 Å². The van der Waals surface area contributed by atoms with E-state index in [0.29, 0.717) is 0 Å². The van der Waals surface area contributed by atoms with Crippen LogP contribution in [0.1, 0.15) is 6.92 Å². The number of carbonyl (C=O) groups is 1. The number of aliphatic hydroxyl groups excluding tert-OH is 1. The second-order valence-corrected chi connectivity index (χ2v) is 0.995. The fraction of sp³-hybridized carbons (Fsp3) is 0.667. The van der Waals surface area contributed by atoms with Gasteiger partial charge < -0.3 is 15.0 Å². The van der Waals surface area contributed by atoms with Gasteiger partial charge in [-0.1, -0.05) is 0 Å². The molecule has 0 fully saturated rings. The molecule has 0 aliphatic carbocycles. The van der Waals surface area contributed by atoms with E-state index >= 15 is 0 Å². The Morgan fingerprint density at radius 3 is 1.88 bits per heavy atom. The van der Waals surface area contributed by atoms with Crippen molar-refractivity contribution in [1.29, 1.82) is 0 Å². The maximum Gasteiger partial charge on any atom is 1.00 e. The first kappa shape index (κ1) is 16.5. The number of carboxylic acid groups (broad SMARTS) is 1. The van der Waals surface area contributed by atoms with Gasteiger partial charge >= 0.3 is 51.4 Å². The Kier molecular flexibility index (Phi) is 18.5. The number of aliphatic hydroxyl groups is 1. The second kappa shape index (κ2) is 8.95. The van der Waals surface area contributed by atoms with Crippen molar-refractivity contribution >= 4 is 5.97 Å². The molecule has 0 spiro atoms. The average molecular weight is 219 g/mol. The van der Waals surface area contributed by atoms with Gasteiger partial charge in [0.2, 0.25) is 0 Å². The third-order valence-corrected chi connectivity index (χ3v) is 0.341. The van der Waals surface area contributed by atoms with Gasteiger partial charge in [0.15, 0.2) is 0 Å². The Morgan fingerprint density at radius 2 is 1.88 bits per heavy atom. The summed E-state index contributed by atoms with van der Waals surface area (Å²) in [6.45, 7) is 1.13. The first-order chi connectivity index (χ1) is 2.64. The van der Waals surface area contributed by atoms with Gasteiger partial charge in [0.1, 0.15) is 0 Å². The van der Waals surface area contributed by atoms with Gasteiger partial charge in [-0.3, -0.25) is 0 Å². The predicted octanol–water partition coefficient (Wildman–Crippen LogP) is -4.88. The topological polar surface area (TPSA) is 60.4 Å². The monoisotopic (exact) mass is 218 g/mol. The van der Waals surface area contributed by atoms with Crippen LogP contribution in [0.5, 0.6) is 0 Å². The second-order valence-electron chi connectivity index (χ2n) is 0.995. The fourth-order valence-corrected chi connectivity index (χ4v) is 0. The first-order valence-corrected chi connectivity index (χ1v) is 1.53. The molecule has 0 aliphatic heterocycles. The number of rotatable bonds is 1. The Morgan fingerprint density at radius 1 is 1.75 bits per heavy atom. The zero-order chi connectivity index (χ0) is 5.15. The van der Waals surface area contributed by atoms with Crippen molar-refractivity contribution in [1.82, 2.24) is 0 Å². The molecular formula is C3H5KO3Zr. The minimum absolute atomic E-state index is 0.